The van der Waals surface area contributed by atoms with Gasteiger partial charge in [0.15, 0.2) is 0 Å². The summed E-state index contributed by atoms with van der Waals surface area (Å²) < 4.78 is 0. The van der Waals surface area contributed by atoms with E-state index in [1.807, 2.05) is 37.3 Å². The second-order valence-electron chi connectivity index (χ2n) is 6.12. The normalized spacial score (nSPS) is 13.8. The molecule has 0 saturated carbocycles. The van der Waals surface area contributed by atoms with Crippen molar-refractivity contribution in [1.82, 2.24) is 4.90 Å². The summed E-state index contributed by atoms with van der Waals surface area (Å²) >= 11 is 0. The molecule has 0 spiro atoms. The van der Waals surface area contributed by atoms with Crippen LogP contribution in [0.25, 0.3) is 5.57 Å². The smallest absolute Gasteiger partial charge is 0.278 e. The van der Waals surface area contributed by atoms with Crippen molar-refractivity contribution in [2.75, 3.05) is 18.0 Å². The molecule has 2 amide bonds. The van der Waals surface area contributed by atoms with Crippen molar-refractivity contribution >= 4 is 28.8 Å². The molecule has 0 aromatic heterocycles. The van der Waals surface area contributed by atoms with E-state index in [4.69, 9.17) is 0 Å². The molecule has 0 aliphatic carbocycles. The number of non-ortho nitro benzene ring substituents is 1. The third kappa shape index (κ3) is 3.29. The van der Waals surface area contributed by atoms with Crippen molar-refractivity contribution in [3.63, 3.8) is 0 Å². The van der Waals surface area contributed by atoms with Crippen molar-refractivity contribution in [3.8, 4) is 0 Å². The fraction of sp³-hybridized carbons (Fsp3) is 0.143. The van der Waals surface area contributed by atoms with Crippen LogP contribution < -0.4 is 4.90 Å². The van der Waals surface area contributed by atoms with Crippen LogP contribution in [0, 0.1) is 10.1 Å². The van der Waals surface area contributed by atoms with Crippen LogP contribution in [0.5, 0.6) is 0 Å². The van der Waals surface area contributed by atoms with E-state index in [1.54, 1.807) is 4.90 Å². The number of anilines is 1. The van der Waals surface area contributed by atoms with E-state index in [0.717, 1.165) is 10.6 Å². The number of hydrogen-bond acceptors (Lipinski definition) is 5. The van der Waals surface area contributed by atoms with Gasteiger partial charge >= 0.3 is 0 Å². The zero-order valence-corrected chi connectivity index (χ0v) is 15.4. The number of amides is 2. The number of nitrogens with zero attached hydrogens (tertiary/aromatic N) is 3. The Hall–Kier alpha value is -3.74. The third-order valence-electron chi connectivity index (χ3n) is 4.48. The summed E-state index contributed by atoms with van der Waals surface area (Å²) in [5.41, 5.74) is 1.64. The van der Waals surface area contributed by atoms with Crippen molar-refractivity contribution in [2.45, 2.75) is 6.92 Å². The molecule has 0 bridgehead atoms. The van der Waals surface area contributed by atoms with E-state index in [9.17, 15) is 19.7 Å². The van der Waals surface area contributed by atoms with Gasteiger partial charge in [-0.15, -0.1) is 6.58 Å². The minimum Gasteiger partial charge on any atom is -0.337 e. The molecule has 2 aromatic carbocycles. The molecule has 0 fully saturated rings. The number of carbonyl (C=O) groups excluding carboxylic acids is 2. The van der Waals surface area contributed by atoms with Gasteiger partial charge in [0.1, 0.15) is 5.70 Å². The Labute approximate surface area is 162 Å². The van der Waals surface area contributed by atoms with Gasteiger partial charge in [0.2, 0.25) is 0 Å². The second-order valence-corrected chi connectivity index (χ2v) is 6.12. The van der Waals surface area contributed by atoms with Gasteiger partial charge in [0.05, 0.1) is 10.5 Å². The van der Waals surface area contributed by atoms with Crippen LogP contribution in [0.3, 0.4) is 0 Å². The summed E-state index contributed by atoms with van der Waals surface area (Å²) in [4.78, 5) is 39.5. The molecule has 1 aliphatic rings. The standard InChI is InChI=1S/C21H19N3O4/c1-3-14-23-20(25)18(15-10-12-17(13-11-15)24(27)28)19(21(23)26)22(4-2)16-8-6-5-7-9-16/h3,5-13H,1,4,14H2,2H3. The lowest BCUT2D eigenvalue weighted by molar-refractivity contribution is -0.384. The van der Waals surface area contributed by atoms with Gasteiger partial charge in [-0.2, -0.15) is 0 Å². The van der Waals surface area contributed by atoms with Gasteiger partial charge < -0.3 is 4.90 Å². The lowest BCUT2D eigenvalue weighted by Crippen LogP contribution is -2.35. The highest BCUT2D eigenvalue weighted by Crippen LogP contribution is 2.34. The Bertz CT molecular complexity index is 965. The number of imide groups is 1. The lowest BCUT2D eigenvalue weighted by Gasteiger charge is -2.24. The Morgan fingerprint density at radius 1 is 1.07 bits per heavy atom. The summed E-state index contributed by atoms with van der Waals surface area (Å²) in [5.74, 6) is -0.855. The predicted octanol–water partition coefficient (Wildman–Crippen LogP) is 3.39. The maximum Gasteiger partial charge on any atom is 0.278 e. The first-order valence-electron chi connectivity index (χ1n) is 8.78. The van der Waals surface area contributed by atoms with Gasteiger partial charge in [0, 0.05) is 30.9 Å². The van der Waals surface area contributed by atoms with Crippen LogP contribution in [-0.4, -0.2) is 34.7 Å². The molecule has 0 unspecified atom stereocenters. The van der Waals surface area contributed by atoms with Gasteiger partial charge in [-0.25, -0.2) is 0 Å². The maximum absolute atomic E-state index is 13.1. The minimum absolute atomic E-state index is 0.0824. The average molecular weight is 377 g/mol. The quantitative estimate of drug-likeness (QED) is 0.320. The van der Waals surface area contributed by atoms with Crippen LogP contribution in [0.15, 0.2) is 72.9 Å². The fourth-order valence-electron chi connectivity index (χ4n) is 3.20. The largest absolute Gasteiger partial charge is 0.337 e. The molecule has 7 nitrogen and oxygen atoms in total. The molecule has 0 N–H and O–H groups in total. The Kier molecular flexibility index (Phi) is 5.35. The summed E-state index contributed by atoms with van der Waals surface area (Å²) in [6.45, 7) is 6.06. The van der Waals surface area contributed by atoms with Crippen LogP contribution in [0.2, 0.25) is 0 Å². The highest BCUT2D eigenvalue weighted by molar-refractivity contribution is 6.36. The SMILES string of the molecule is C=CCN1C(=O)C(c2ccc([N+](=O)[O-])cc2)=C(N(CC)c2ccccc2)C1=O. The lowest BCUT2D eigenvalue weighted by atomic mass is 10.0. The van der Waals surface area contributed by atoms with E-state index in [0.29, 0.717) is 12.1 Å². The number of hydrogen-bond donors (Lipinski definition) is 0. The number of nitro groups is 1. The molecule has 0 radical (unpaired) electrons. The first-order valence-corrected chi connectivity index (χ1v) is 8.78. The van der Waals surface area contributed by atoms with Gasteiger partial charge in [-0.3, -0.25) is 24.6 Å². The third-order valence-corrected chi connectivity index (χ3v) is 4.48. The van der Waals surface area contributed by atoms with Crippen molar-refractivity contribution in [3.05, 3.63) is 88.6 Å². The first kappa shape index (κ1) is 19.0. The van der Waals surface area contributed by atoms with Crippen LogP contribution in [-0.2, 0) is 9.59 Å². The maximum atomic E-state index is 13.1. The molecule has 1 aliphatic heterocycles. The van der Waals surface area contributed by atoms with Crippen LogP contribution in [0.4, 0.5) is 11.4 Å². The molecular weight excluding hydrogens is 358 g/mol. The monoisotopic (exact) mass is 377 g/mol. The van der Waals surface area contributed by atoms with Gasteiger partial charge in [0.25, 0.3) is 17.5 Å². The molecule has 0 saturated heterocycles. The summed E-state index contributed by atoms with van der Waals surface area (Å²) in [7, 11) is 0. The van der Waals surface area contributed by atoms with Crippen LogP contribution >= 0.6 is 0 Å². The Balaban J connectivity index is 2.18. The Morgan fingerprint density at radius 2 is 1.71 bits per heavy atom. The number of likely N-dealkylation sites (N-methyl/N-ethyl adjacent to an activating group) is 1. The van der Waals surface area contributed by atoms with E-state index < -0.39 is 16.7 Å². The molecule has 28 heavy (non-hydrogen) atoms. The summed E-state index contributed by atoms with van der Waals surface area (Å²) in [6, 6.07) is 14.9. The summed E-state index contributed by atoms with van der Waals surface area (Å²) in [6.07, 6.45) is 1.49. The molecule has 2 aromatic rings. The number of benzene rings is 2. The fourth-order valence-corrected chi connectivity index (χ4v) is 3.20. The van der Waals surface area contributed by atoms with Crippen molar-refractivity contribution in [2.24, 2.45) is 0 Å². The van der Waals surface area contributed by atoms with Crippen molar-refractivity contribution in [1.29, 1.82) is 0 Å². The topological polar surface area (TPSA) is 83.8 Å². The first-order chi connectivity index (χ1) is 13.5. The minimum atomic E-state index is -0.507. The number of nitro benzene ring substituents is 1. The highest BCUT2D eigenvalue weighted by atomic mass is 16.6. The van der Waals surface area contributed by atoms with E-state index in [-0.39, 0.29) is 23.5 Å². The van der Waals surface area contributed by atoms with Gasteiger partial charge in [-0.05, 0) is 36.8 Å². The number of para-hydroxylation sites is 1. The Morgan fingerprint density at radius 3 is 2.25 bits per heavy atom. The number of rotatable bonds is 7. The molecule has 0 atom stereocenters. The predicted molar refractivity (Wildman–Crippen MR) is 106 cm³/mol. The molecule has 1 heterocycles. The van der Waals surface area contributed by atoms with Crippen molar-refractivity contribution < 1.29 is 14.5 Å². The second kappa shape index (κ2) is 7.87. The van der Waals surface area contributed by atoms with E-state index in [1.165, 1.54) is 30.3 Å². The summed E-state index contributed by atoms with van der Waals surface area (Å²) in [5, 5.41) is 10.9. The number of carbonyl (C=O) groups is 2. The zero-order chi connectivity index (χ0) is 20.3. The van der Waals surface area contributed by atoms with Gasteiger partial charge in [-0.1, -0.05) is 24.3 Å². The molecule has 142 valence electrons. The van der Waals surface area contributed by atoms with Crippen LogP contribution in [0.1, 0.15) is 12.5 Å². The average Bonchev–Trinajstić information content (AvgIpc) is 2.95. The highest BCUT2D eigenvalue weighted by Gasteiger charge is 2.41. The van der Waals surface area contributed by atoms with E-state index >= 15 is 0 Å². The molecule has 7 heteroatoms. The van der Waals surface area contributed by atoms with E-state index in [2.05, 4.69) is 6.58 Å². The molecular formula is C21H19N3O4. The molecule has 3 rings (SSSR count). The zero-order valence-electron chi connectivity index (χ0n) is 15.4.